The van der Waals surface area contributed by atoms with Gasteiger partial charge in [0.2, 0.25) is 0 Å². The second kappa shape index (κ2) is 10.00. The molecule has 0 fully saturated rings. The molecule has 0 saturated heterocycles. The van der Waals surface area contributed by atoms with Gasteiger partial charge in [-0.15, -0.1) is 11.3 Å². The third-order valence-corrected chi connectivity index (χ3v) is 4.94. The first-order chi connectivity index (χ1) is 14.4. The van der Waals surface area contributed by atoms with Crippen LogP contribution in [0, 0.1) is 0 Å². The maximum absolute atomic E-state index is 12.7. The molecule has 2 heterocycles. The summed E-state index contributed by atoms with van der Waals surface area (Å²) in [6.07, 6.45) is 1.18. The number of hydrogen-bond acceptors (Lipinski definition) is 6. The van der Waals surface area contributed by atoms with Crippen LogP contribution in [-0.4, -0.2) is 28.1 Å². The van der Waals surface area contributed by atoms with Crippen molar-refractivity contribution in [2.45, 2.75) is 33.0 Å². The lowest BCUT2D eigenvalue weighted by atomic mass is 10.1. The first-order valence-electron chi connectivity index (χ1n) is 9.45. The summed E-state index contributed by atoms with van der Waals surface area (Å²) in [5, 5.41) is 17.1. The molecule has 0 saturated carbocycles. The Morgan fingerprint density at radius 3 is 2.60 bits per heavy atom. The van der Waals surface area contributed by atoms with Crippen molar-refractivity contribution in [1.29, 1.82) is 0 Å². The molecule has 0 unspecified atom stereocenters. The van der Waals surface area contributed by atoms with Crippen LogP contribution < -0.4 is 15.4 Å². The van der Waals surface area contributed by atoms with Gasteiger partial charge in [-0.1, -0.05) is 6.07 Å². The number of aromatic carboxylic acids is 1. The Balaban J connectivity index is 1.73. The standard InChI is InChI=1S/C22H23N3O4S/c1-14(2)29-18-9-15(11-23-13-19-4-3-7-30-19)8-17(10-18)21(26)25-20-6-5-16(12-24-20)22(27)28/h3-10,12,14,23H,11,13H2,1-2H3,(H,27,28)(H,24,25,26). The van der Waals surface area contributed by atoms with Crippen molar-refractivity contribution in [3.05, 3.63) is 75.6 Å². The van der Waals surface area contributed by atoms with Gasteiger partial charge in [-0.3, -0.25) is 4.79 Å². The van der Waals surface area contributed by atoms with Crippen LogP contribution in [0.15, 0.2) is 54.0 Å². The predicted octanol–water partition coefficient (Wildman–Crippen LogP) is 4.17. The fraction of sp³-hybridized carbons (Fsp3) is 0.227. The van der Waals surface area contributed by atoms with Crippen molar-refractivity contribution in [1.82, 2.24) is 10.3 Å². The number of benzene rings is 1. The molecule has 7 nitrogen and oxygen atoms in total. The van der Waals surface area contributed by atoms with E-state index in [-0.39, 0.29) is 23.4 Å². The van der Waals surface area contributed by atoms with E-state index in [0.717, 1.165) is 12.1 Å². The van der Waals surface area contributed by atoms with Crippen LogP contribution in [0.5, 0.6) is 5.75 Å². The molecule has 1 amide bonds. The SMILES string of the molecule is CC(C)Oc1cc(CNCc2cccs2)cc(C(=O)Nc2ccc(C(=O)O)cn2)c1. The molecule has 3 aromatic rings. The number of pyridine rings is 1. The number of anilines is 1. The highest BCUT2D eigenvalue weighted by atomic mass is 32.1. The summed E-state index contributed by atoms with van der Waals surface area (Å²) in [4.78, 5) is 28.9. The first kappa shape index (κ1) is 21.5. The van der Waals surface area contributed by atoms with Gasteiger partial charge in [-0.25, -0.2) is 9.78 Å². The fourth-order valence-corrected chi connectivity index (χ4v) is 3.43. The molecule has 0 aliphatic heterocycles. The highest BCUT2D eigenvalue weighted by Crippen LogP contribution is 2.20. The first-order valence-corrected chi connectivity index (χ1v) is 10.3. The Morgan fingerprint density at radius 1 is 1.13 bits per heavy atom. The molecule has 0 spiro atoms. The summed E-state index contributed by atoms with van der Waals surface area (Å²) < 4.78 is 5.80. The van der Waals surface area contributed by atoms with Crippen molar-refractivity contribution >= 4 is 29.0 Å². The van der Waals surface area contributed by atoms with Gasteiger partial charge in [0, 0.05) is 29.7 Å². The number of aromatic nitrogens is 1. The van der Waals surface area contributed by atoms with Crippen LogP contribution in [-0.2, 0) is 13.1 Å². The zero-order chi connectivity index (χ0) is 21.5. The van der Waals surface area contributed by atoms with Gasteiger partial charge < -0.3 is 20.5 Å². The molecule has 3 N–H and O–H groups in total. The van der Waals surface area contributed by atoms with Gasteiger partial charge in [0.25, 0.3) is 5.91 Å². The highest BCUT2D eigenvalue weighted by Gasteiger charge is 2.12. The average Bonchev–Trinajstić information content (AvgIpc) is 3.21. The Kier molecular flexibility index (Phi) is 7.16. The summed E-state index contributed by atoms with van der Waals surface area (Å²) in [5.41, 5.74) is 1.41. The number of nitrogens with one attached hydrogen (secondary N) is 2. The number of ether oxygens (including phenoxy) is 1. The van der Waals surface area contributed by atoms with Crippen molar-refractivity contribution in [3.8, 4) is 5.75 Å². The largest absolute Gasteiger partial charge is 0.491 e. The molecule has 0 aliphatic carbocycles. The molecular weight excluding hydrogens is 402 g/mol. The topological polar surface area (TPSA) is 101 Å². The highest BCUT2D eigenvalue weighted by molar-refractivity contribution is 7.09. The smallest absolute Gasteiger partial charge is 0.337 e. The molecule has 2 aromatic heterocycles. The molecule has 0 aliphatic rings. The minimum absolute atomic E-state index is 0.0273. The van der Waals surface area contributed by atoms with Crippen molar-refractivity contribution < 1.29 is 19.4 Å². The monoisotopic (exact) mass is 425 g/mol. The van der Waals surface area contributed by atoms with E-state index in [0.29, 0.717) is 17.9 Å². The van der Waals surface area contributed by atoms with Crippen LogP contribution in [0.2, 0.25) is 0 Å². The van der Waals surface area contributed by atoms with Crippen molar-refractivity contribution in [3.63, 3.8) is 0 Å². The van der Waals surface area contributed by atoms with E-state index >= 15 is 0 Å². The number of hydrogen-bond donors (Lipinski definition) is 3. The predicted molar refractivity (Wildman–Crippen MR) is 116 cm³/mol. The van der Waals surface area contributed by atoms with E-state index in [9.17, 15) is 9.59 Å². The third kappa shape index (κ3) is 6.13. The second-order valence-electron chi connectivity index (χ2n) is 6.91. The lowest BCUT2D eigenvalue weighted by Gasteiger charge is -2.14. The Hall–Kier alpha value is -3.23. The molecule has 0 radical (unpaired) electrons. The van der Waals surface area contributed by atoms with Crippen LogP contribution in [0.25, 0.3) is 0 Å². The van der Waals surface area contributed by atoms with Gasteiger partial charge in [0.05, 0.1) is 11.7 Å². The molecule has 1 aromatic carbocycles. The van der Waals surface area contributed by atoms with Crippen LogP contribution in [0.1, 0.15) is 45.0 Å². The second-order valence-corrected chi connectivity index (χ2v) is 7.94. The summed E-state index contributed by atoms with van der Waals surface area (Å²) in [5.74, 6) is -0.532. The van der Waals surface area contributed by atoms with Gasteiger partial charge in [-0.05, 0) is 61.2 Å². The Bertz CT molecular complexity index is 1000. The zero-order valence-corrected chi connectivity index (χ0v) is 17.5. The van der Waals surface area contributed by atoms with E-state index in [1.165, 1.54) is 23.2 Å². The van der Waals surface area contributed by atoms with E-state index in [1.54, 1.807) is 23.5 Å². The maximum Gasteiger partial charge on any atom is 0.337 e. The minimum Gasteiger partial charge on any atom is -0.491 e. The Morgan fingerprint density at radius 2 is 1.97 bits per heavy atom. The van der Waals surface area contributed by atoms with E-state index < -0.39 is 5.97 Å². The van der Waals surface area contributed by atoms with E-state index in [2.05, 4.69) is 21.7 Å². The Labute approximate surface area is 178 Å². The number of nitrogens with zero attached hydrogens (tertiary/aromatic N) is 1. The van der Waals surface area contributed by atoms with Crippen LogP contribution >= 0.6 is 11.3 Å². The minimum atomic E-state index is -1.07. The number of rotatable bonds is 9. The summed E-state index contributed by atoms with van der Waals surface area (Å²) in [6, 6.07) is 12.3. The van der Waals surface area contributed by atoms with Crippen LogP contribution in [0.4, 0.5) is 5.82 Å². The lowest BCUT2D eigenvalue weighted by molar-refractivity contribution is 0.0696. The van der Waals surface area contributed by atoms with E-state index in [4.69, 9.17) is 9.84 Å². The van der Waals surface area contributed by atoms with Gasteiger partial charge in [0.1, 0.15) is 11.6 Å². The summed E-state index contributed by atoms with van der Waals surface area (Å²) >= 11 is 1.69. The number of carboxylic acids is 1. The quantitative estimate of drug-likeness (QED) is 0.476. The fourth-order valence-electron chi connectivity index (χ4n) is 2.76. The van der Waals surface area contributed by atoms with Gasteiger partial charge >= 0.3 is 5.97 Å². The number of carboxylic acid groups (broad SMARTS) is 1. The summed E-state index contributed by atoms with van der Waals surface area (Å²) in [6.45, 7) is 5.18. The molecule has 30 heavy (non-hydrogen) atoms. The molecule has 0 atom stereocenters. The third-order valence-electron chi connectivity index (χ3n) is 4.06. The molecular formula is C22H23N3O4S. The zero-order valence-electron chi connectivity index (χ0n) is 16.7. The normalized spacial score (nSPS) is 10.8. The molecule has 0 bridgehead atoms. The van der Waals surface area contributed by atoms with E-state index in [1.807, 2.05) is 31.4 Å². The number of amides is 1. The average molecular weight is 426 g/mol. The number of carbonyl (C=O) groups is 2. The molecule has 156 valence electrons. The molecule has 8 heteroatoms. The van der Waals surface area contributed by atoms with Crippen molar-refractivity contribution in [2.24, 2.45) is 0 Å². The number of thiophene rings is 1. The summed E-state index contributed by atoms with van der Waals surface area (Å²) in [7, 11) is 0. The van der Waals surface area contributed by atoms with Gasteiger partial charge in [-0.2, -0.15) is 0 Å². The lowest BCUT2D eigenvalue weighted by Crippen LogP contribution is -2.16. The van der Waals surface area contributed by atoms with Gasteiger partial charge in [0.15, 0.2) is 0 Å². The van der Waals surface area contributed by atoms with Crippen LogP contribution in [0.3, 0.4) is 0 Å². The maximum atomic E-state index is 12.7. The van der Waals surface area contributed by atoms with Crippen molar-refractivity contribution in [2.75, 3.05) is 5.32 Å². The number of carbonyl (C=O) groups excluding carboxylic acids is 1. The molecule has 3 rings (SSSR count).